The SMILES string of the molecule is N#C/C(=C/NCCC(=O)O)C(=O)NCc1ccc(Cl)cc1. The number of benzene rings is 1. The lowest BCUT2D eigenvalue weighted by Crippen LogP contribution is -2.25. The van der Waals surface area contributed by atoms with E-state index >= 15 is 0 Å². The molecule has 0 saturated carbocycles. The monoisotopic (exact) mass is 307 g/mol. The van der Waals surface area contributed by atoms with Crippen LogP contribution in [0.15, 0.2) is 36.0 Å². The van der Waals surface area contributed by atoms with Gasteiger partial charge in [0, 0.05) is 24.3 Å². The fraction of sp³-hybridized carbons (Fsp3) is 0.214. The van der Waals surface area contributed by atoms with Crippen molar-refractivity contribution >= 4 is 23.5 Å². The number of rotatable bonds is 7. The summed E-state index contributed by atoms with van der Waals surface area (Å²) < 4.78 is 0. The molecular formula is C14H14ClN3O3. The first-order valence-corrected chi connectivity index (χ1v) is 6.49. The molecule has 0 radical (unpaired) electrons. The second kappa shape index (κ2) is 8.61. The number of carbonyl (C=O) groups is 2. The molecule has 0 aromatic heterocycles. The van der Waals surface area contributed by atoms with Gasteiger partial charge in [0.2, 0.25) is 0 Å². The first-order valence-electron chi connectivity index (χ1n) is 6.11. The van der Waals surface area contributed by atoms with Gasteiger partial charge in [0.05, 0.1) is 6.42 Å². The molecular weight excluding hydrogens is 294 g/mol. The molecule has 1 rings (SSSR count). The highest BCUT2D eigenvalue weighted by atomic mass is 35.5. The maximum Gasteiger partial charge on any atom is 0.305 e. The Kier molecular flexibility index (Phi) is 6.78. The molecule has 1 aromatic carbocycles. The van der Waals surface area contributed by atoms with Crippen LogP contribution in [-0.4, -0.2) is 23.5 Å². The third-order valence-electron chi connectivity index (χ3n) is 2.46. The highest BCUT2D eigenvalue weighted by molar-refractivity contribution is 6.30. The summed E-state index contributed by atoms with van der Waals surface area (Å²) in [6, 6.07) is 8.70. The molecule has 0 heterocycles. The Bertz CT molecular complexity index is 576. The van der Waals surface area contributed by atoms with Crippen molar-refractivity contribution in [2.24, 2.45) is 0 Å². The Morgan fingerprint density at radius 1 is 1.33 bits per heavy atom. The van der Waals surface area contributed by atoms with Crippen LogP contribution in [0.3, 0.4) is 0 Å². The second-order valence-electron chi connectivity index (χ2n) is 4.08. The largest absolute Gasteiger partial charge is 0.481 e. The summed E-state index contributed by atoms with van der Waals surface area (Å²) in [5.74, 6) is -1.49. The Balaban J connectivity index is 2.47. The van der Waals surface area contributed by atoms with Crippen LogP contribution in [-0.2, 0) is 16.1 Å². The maximum absolute atomic E-state index is 11.8. The van der Waals surface area contributed by atoms with E-state index in [0.717, 1.165) is 5.56 Å². The van der Waals surface area contributed by atoms with Gasteiger partial charge < -0.3 is 15.7 Å². The maximum atomic E-state index is 11.8. The minimum absolute atomic E-state index is 0.0956. The van der Waals surface area contributed by atoms with Crippen LogP contribution in [0.25, 0.3) is 0 Å². The van der Waals surface area contributed by atoms with Crippen molar-refractivity contribution in [1.82, 2.24) is 10.6 Å². The summed E-state index contributed by atoms with van der Waals surface area (Å²) in [6.07, 6.45) is 1.11. The van der Waals surface area contributed by atoms with Gasteiger partial charge in [-0.25, -0.2) is 0 Å². The van der Waals surface area contributed by atoms with Crippen molar-refractivity contribution in [2.45, 2.75) is 13.0 Å². The van der Waals surface area contributed by atoms with Crippen LogP contribution < -0.4 is 10.6 Å². The minimum Gasteiger partial charge on any atom is -0.481 e. The Hall–Kier alpha value is -2.52. The molecule has 0 spiro atoms. The standard InChI is InChI=1S/C14H14ClN3O3/c15-12-3-1-10(2-4-12)8-18-14(21)11(7-16)9-17-6-5-13(19)20/h1-4,9,17H,5-6,8H2,(H,18,21)(H,19,20)/b11-9-. The number of carboxylic acids is 1. The average Bonchev–Trinajstić information content (AvgIpc) is 2.46. The third kappa shape index (κ3) is 6.45. The van der Waals surface area contributed by atoms with E-state index in [9.17, 15) is 9.59 Å². The fourth-order valence-corrected chi connectivity index (χ4v) is 1.51. The zero-order chi connectivity index (χ0) is 15.7. The Morgan fingerprint density at radius 3 is 2.57 bits per heavy atom. The molecule has 0 fully saturated rings. The average molecular weight is 308 g/mol. The molecule has 110 valence electrons. The predicted molar refractivity (Wildman–Crippen MR) is 77.3 cm³/mol. The number of nitriles is 1. The zero-order valence-corrected chi connectivity index (χ0v) is 11.9. The third-order valence-corrected chi connectivity index (χ3v) is 2.71. The van der Waals surface area contributed by atoms with Crippen molar-refractivity contribution in [3.8, 4) is 6.07 Å². The smallest absolute Gasteiger partial charge is 0.305 e. The number of hydrogen-bond acceptors (Lipinski definition) is 4. The molecule has 21 heavy (non-hydrogen) atoms. The molecule has 6 nitrogen and oxygen atoms in total. The summed E-state index contributed by atoms with van der Waals surface area (Å²) in [7, 11) is 0. The van der Waals surface area contributed by atoms with E-state index in [-0.39, 0.29) is 25.1 Å². The van der Waals surface area contributed by atoms with E-state index in [1.807, 2.05) is 0 Å². The molecule has 3 N–H and O–H groups in total. The molecule has 0 unspecified atom stereocenters. The first-order chi connectivity index (χ1) is 10.0. The van der Waals surface area contributed by atoms with E-state index in [1.165, 1.54) is 6.20 Å². The van der Waals surface area contributed by atoms with Gasteiger partial charge >= 0.3 is 5.97 Å². The van der Waals surface area contributed by atoms with Crippen LogP contribution in [0.2, 0.25) is 5.02 Å². The lowest BCUT2D eigenvalue weighted by molar-refractivity contribution is -0.136. The number of aliphatic carboxylic acids is 1. The van der Waals surface area contributed by atoms with Gasteiger partial charge in [0.15, 0.2) is 0 Å². The van der Waals surface area contributed by atoms with Crippen LogP contribution in [0.4, 0.5) is 0 Å². The van der Waals surface area contributed by atoms with Crippen molar-refractivity contribution < 1.29 is 14.7 Å². The summed E-state index contributed by atoms with van der Waals surface area (Å²) in [5, 5.41) is 23.1. The number of halogens is 1. The Labute approximate surface area is 127 Å². The number of nitrogens with one attached hydrogen (secondary N) is 2. The molecule has 0 aliphatic rings. The summed E-state index contributed by atoms with van der Waals surface area (Å²) in [5.41, 5.74) is 0.734. The van der Waals surface area contributed by atoms with E-state index in [4.69, 9.17) is 22.0 Å². The molecule has 0 aliphatic heterocycles. The van der Waals surface area contributed by atoms with E-state index in [0.29, 0.717) is 5.02 Å². The lowest BCUT2D eigenvalue weighted by atomic mass is 10.2. The van der Waals surface area contributed by atoms with Crippen molar-refractivity contribution in [1.29, 1.82) is 5.26 Å². The summed E-state index contributed by atoms with van der Waals surface area (Å²) in [4.78, 5) is 22.1. The fourth-order valence-electron chi connectivity index (χ4n) is 1.38. The van der Waals surface area contributed by atoms with Gasteiger partial charge in [0.1, 0.15) is 11.6 Å². The number of nitrogens with zero attached hydrogens (tertiary/aromatic N) is 1. The molecule has 0 aliphatic carbocycles. The highest BCUT2D eigenvalue weighted by Crippen LogP contribution is 2.09. The molecule has 7 heteroatoms. The van der Waals surface area contributed by atoms with E-state index < -0.39 is 11.9 Å². The van der Waals surface area contributed by atoms with Crippen molar-refractivity contribution in [2.75, 3.05) is 6.54 Å². The second-order valence-corrected chi connectivity index (χ2v) is 4.51. The van der Waals surface area contributed by atoms with Gasteiger partial charge in [-0.3, -0.25) is 9.59 Å². The normalized spacial score (nSPS) is 10.6. The molecule has 0 saturated heterocycles. The van der Waals surface area contributed by atoms with E-state index in [2.05, 4.69) is 10.6 Å². The molecule has 1 aromatic rings. The van der Waals surface area contributed by atoms with Crippen molar-refractivity contribution in [3.63, 3.8) is 0 Å². The number of hydrogen-bond donors (Lipinski definition) is 3. The lowest BCUT2D eigenvalue weighted by Gasteiger charge is -2.05. The van der Waals surface area contributed by atoms with Gasteiger partial charge in [-0.05, 0) is 17.7 Å². The van der Waals surface area contributed by atoms with Crippen molar-refractivity contribution in [3.05, 3.63) is 46.6 Å². The van der Waals surface area contributed by atoms with Crippen LogP contribution in [0.1, 0.15) is 12.0 Å². The number of carbonyl (C=O) groups excluding carboxylic acids is 1. The van der Waals surface area contributed by atoms with Gasteiger partial charge in [-0.2, -0.15) is 5.26 Å². The minimum atomic E-state index is -0.957. The number of carboxylic acid groups (broad SMARTS) is 1. The first kappa shape index (κ1) is 16.5. The zero-order valence-electron chi connectivity index (χ0n) is 11.1. The van der Waals surface area contributed by atoms with Gasteiger partial charge in [-0.15, -0.1) is 0 Å². The van der Waals surface area contributed by atoms with Gasteiger partial charge in [0.25, 0.3) is 5.91 Å². The number of amides is 1. The predicted octanol–water partition coefficient (Wildman–Crippen LogP) is 1.43. The van der Waals surface area contributed by atoms with Gasteiger partial charge in [-0.1, -0.05) is 23.7 Å². The summed E-state index contributed by atoms with van der Waals surface area (Å²) >= 11 is 5.75. The molecule has 1 amide bonds. The molecule has 0 bridgehead atoms. The quantitative estimate of drug-likeness (QED) is 0.402. The van der Waals surface area contributed by atoms with E-state index in [1.54, 1.807) is 30.3 Å². The summed E-state index contributed by atoms with van der Waals surface area (Å²) in [6.45, 7) is 0.412. The van der Waals surface area contributed by atoms with Crippen LogP contribution in [0.5, 0.6) is 0 Å². The highest BCUT2D eigenvalue weighted by Gasteiger charge is 2.08. The van der Waals surface area contributed by atoms with Crippen LogP contribution in [0, 0.1) is 11.3 Å². The topological polar surface area (TPSA) is 102 Å². The Morgan fingerprint density at radius 2 is 2.00 bits per heavy atom. The van der Waals surface area contributed by atoms with Crippen LogP contribution >= 0.6 is 11.6 Å². The molecule has 0 atom stereocenters.